The molecule has 3 N–H and O–H groups in total. The molecule has 2 unspecified atom stereocenters. The van der Waals surface area contributed by atoms with Gasteiger partial charge in [0.2, 0.25) is 5.91 Å². The second-order valence-electron chi connectivity index (χ2n) is 10.8. The first-order valence-electron chi connectivity index (χ1n) is 12.6. The van der Waals surface area contributed by atoms with E-state index >= 15 is 0 Å². The zero-order valence-electron chi connectivity index (χ0n) is 23.2. The molecule has 0 radical (unpaired) electrons. The molecule has 2 aromatic rings. The van der Waals surface area contributed by atoms with Crippen molar-refractivity contribution in [3.05, 3.63) is 65.2 Å². The highest BCUT2D eigenvalue weighted by Crippen LogP contribution is 2.34. The topological polar surface area (TPSA) is 108 Å². The molecule has 3 amide bonds. The molecule has 0 aliphatic rings. The maximum atomic E-state index is 14.0. The second-order valence-corrected chi connectivity index (χ2v) is 10.8. The Morgan fingerprint density at radius 1 is 0.946 bits per heavy atom. The van der Waals surface area contributed by atoms with Gasteiger partial charge in [0.05, 0.1) is 6.61 Å². The van der Waals surface area contributed by atoms with E-state index in [1.54, 1.807) is 26.8 Å². The number of amides is 3. The van der Waals surface area contributed by atoms with E-state index in [0.29, 0.717) is 17.7 Å². The fraction of sp³-hybridized carbons (Fsp3) is 0.483. The number of aliphatic hydroxyl groups is 1. The lowest BCUT2D eigenvalue weighted by molar-refractivity contribution is -0.148. The molecule has 0 aliphatic heterocycles. The van der Waals surface area contributed by atoms with E-state index < -0.39 is 47.7 Å². The Bertz CT molecular complexity index is 1110. The summed E-state index contributed by atoms with van der Waals surface area (Å²) in [7, 11) is 0. The number of benzene rings is 2. The van der Waals surface area contributed by atoms with Gasteiger partial charge in [0, 0.05) is 11.2 Å². The molecule has 0 bridgehead atoms. The molecule has 8 heteroatoms. The van der Waals surface area contributed by atoms with Crippen molar-refractivity contribution in [2.45, 2.75) is 85.0 Å². The Kier molecular flexibility index (Phi) is 9.87. The van der Waals surface area contributed by atoms with E-state index in [9.17, 15) is 19.5 Å². The lowest BCUT2D eigenvalue weighted by Crippen LogP contribution is -2.59. The van der Waals surface area contributed by atoms with E-state index in [-0.39, 0.29) is 0 Å². The highest BCUT2D eigenvalue weighted by atomic mass is 16.6. The first-order valence-corrected chi connectivity index (χ1v) is 12.6. The molecule has 0 heterocycles. The summed E-state index contributed by atoms with van der Waals surface area (Å²) < 4.78 is 5.30. The number of hydrogen-bond acceptors (Lipinski definition) is 5. The van der Waals surface area contributed by atoms with Crippen LogP contribution in [0.3, 0.4) is 0 Å². The fourth-order valence-corrected chi connectivity index (χ4v) is 3.95. The van der Waals surface area contributed by atoms with Gasteiger partial charge >= 0.3 is 6.09 Å². The SMILES string of the molecule is CCC(C)(C)N(C(=O)C(CO)NC(=O)OC(C)(C)C)C(C(=O)Nc1ccccc1C)c1ccccc1C. The fourth-order valence-electron chi connectivity index (χ4n) is 3.95. The molecule has 202 valence electrons. The minimum absolute atomic E-state index is 0.396. The summed E-state index contributed by atoms with van der Waals surface area (Å²) >= 11 is 0. The highest BCUT2D eigenvalue weighted by molar-refractivity contribution is 5.99. The minimum atomic E-state index is -1.31. The molecule has 2 atom stereocenters. The number of aryl methyl sites for hydroxylation is 2. The molecular weight excluding hydrogens is 470 g/mol. The van der Waals surface area contributed by atoms with E-state index in [2.05, 4.69) is 10.6 Å². The Labute approximate surface area is 220 Å². The third-order valence-electron chi connectivity index (χ3n) is 6.32. The van der Waals surface area contributed by atoms with Crippen LogP contribution < -0.4 is 10.6 Å². The Balaban J connectivity index is 2.60. The van der Waals surface area contributed by atoms with E-state index in [1.165, 1.54) is 4.90 Å². The molecule has 0 spiro atoms. The van der Waals surface area contributed by atoms with Gasteiger partial charge in [-0.25, -0.2) is 4.79 Å². The smallest absolute Gasteiger partial charge is 0.408 e. The number of anilines is 1. The van der Waals surface area contributed by atoms with Gasteiger partial charge in [-0.15, -0.1) is 0 Å². The second kappa shape index (κ2) is 12.2. The van der Waals surface area contributed by atoms with Gasteiger partial charge in [0.1, 0.15) is 17.7 Å². The van der Waals surface area contributed by atoms with Crippen LogP contribution in [0.5, 0.6) is 0 Å². The standard InChI is InChI=1S/C29H41N3O5/c1-9-29(7,8)32(26(35)23(18-33)31-27(36)37-28(4,5)6)24(21-16-12-10-14-19(21)2)25(34)30-22-17-13-11-15-20(22)3/h10-17,23-24,33H,9,18H2,1-8H3,(H,30,34)(H,31,36). The summed E-state index contributed by atoms with van der Waals surface area (Å²) in [6, 6.07) is 12.5. The molecule has 0 saturated carbocycles. The summed E-state index contributed by atoms with van der Waals surface area (Å²) in [6.45, 7) is 13.9. The van der Waals surface area contributed by atoms with Crippen LogP contribution in [0.25, 0.3) is 0 Å². The van der Waals surface area contributed by atoms with Gasteiger partial charge in [-0.05, 0) is 77.6 Å². The van der Waals surface area contributed by atoms with Crippen LogP contribution in [0.4, 0.5) is 10.5 Å². The summed E-state index contributed by atoms with van der Waals surface area (Å²) in [5, 5.41) is 15.6. The molecule has 0 aromatic heterocycles. The van der Waals surface area contributed by atoms with Crippen molar-refractivity contribution in [3.8, 4) is 0 Å². The zero-order chi connectivity index (χ0) is 28.0. The third kappa shape index (κ3) is 7.79. The number of carbonyl (C=O) groups is 3. The molecule has 0 aliphatic carbocycles. The van der Waals surface area contributed by atoms with Crippen LogP contribution in [0.1, 0.15) is 70.7 Å². The van der Waals surface area contributed by atoms with E-state index in [4.69, 9.17) is 4.74 Å². The highest BCUT2D eigenvalue weighted by Gasteiger charge is 2.43. The molecule has 2 aromatic carbocycles. The maximum absolute atomic E-state index is 14.0. The number of rotatable bonds is 9. The van der Waals surface area contributed by atoms with Crippen molar-refractivity contribution in [1.29, 1.82) is 0 Å². The van der Waals surface area contributed by atoms with Crippen molar-refractivity contribution in [2.75, 3.05) is 11.9 Å². The van der Waals surface area contributed by atoms with Crippen LogP contribution >= 0.6 is 0 Å². The maximum Gasteiger partial charge on any atom is 0.408 e. The van der Waals surface area contributed by atoms with Gasteiger partial charge in [-0.3, -0.25) is 9.59 Å². The van der Waals surface area contributed by atoms with Gasteiger partial charge in [0.25, 0.3) is 5.91 Å². The van der Waals surface area contributed by atoms with Gasteiger partial charge in [-0.2, -0.15) is 0 Å². The van der Waals surface area contributed by atoms with Crippen molar-refractivity contribution in [3.63, 3.8) is 0 Å². The number of carbonyl (C=O) groups excluding carboxylic acids is 3. The molecule has 0 saturated heterocycles. The van der Waals surface area contributed by atoms with Gasteiger partial charge < -0.3 is 25.4 Å². The van der Waals surface area contributed by atoms with Crippen LogP contribution in [0.2, 0.25) is 0 Å². The number of hydrogen-bond donors (Lipinski definition) is 3. The van der Waals surface area contributed by atoms with E-state index in [1.807, 2.05) is 77.1 Å². The molecule has 37 heavy (non-hydrogen) atoms. The molecule has 2 rings (SSSR count). The van der Waals surface area contributed by atoms with Crippen molar-refractivity contribution >= 4 is 23.6 Å². The van der Waals surface area contributed by atoms with Crippen molar-refractivity contribution in [1.82, 2.24) is 10.2 Å². The lowest BCUT2D eigenvalue weighted by atomic mass is 9.90. The number of nitrogens with zero attached hydrogens (tertiary/aromatic N) is 1. The molecular formula is C29H41N3O5. The summed E-state index contributed by atoms with van der Waals surface area (Å²) in [4.78, 5) is 42.0. The van der Waals surface area contributed by atoms with Crippen LogP contribution in [0, 0.1) is 13.8 Å². The predicted molar refractivity (Wildman–Crippen MR) is 145 cm³/mol. The normalized spacial score (nSPS) is 13.3. The van der Waals surface area contributed by atoms with Crippen LogP contribution in [0.15, 0.2) is 48.5 Å². The number of ether oxygens (including phenoxy) is 1. The predicted octanol–water partition coefficient (Wildman–Crippen LogP) is 4.89. The monoisotopic (exact) mass is 511 g/mol. The van der Waals surface area contributed by atoms with Crippen LogP contribution in [-0.4, -0.2) is 51.7 Å². The summed E-state index contributed by atoms with van der Waals surface area (Å²) in [5.41, 5.74) is 1.41. The Morgan fingerprint density at radius 3 is 2.03 bits per heavy atom. The Hall–Kier alpha value is -3.39. The first kappa shape index (κ1) is 29.8. The van der Waals surface area contributed by atoms with Crippen molar-refractivity contribution < 1.29 is 24.2 Å². The summed E-state index contributed by atoms with van der Waals surface area (Å²) in [5.74, 6) is -0.985. The number of para-hydroxylation sites is 1. The quantitative estimate of drug-likeness (QED) is 0.444. The molecule has 0 fully saturated rings. The zero-order valence-corrected chi connectivity index (χ0v) is 23.2. The average Bonchev–Trinajstić information content (AvgIpc) is 2.81. The summed E-state index contributed by atoms with van der Waals surface area (Å²) in [6.07, 6.45) is -0.311. The third-order valence-corrected chi connectivity index (χ3v) is 6.32. The van der Waals surface area contributed by atoms with Crippen LogP contribution in [-0.2, 0) is 14.3 Å². The minimum Gasteiger partial charge on any atom is -0.444 e. The largest absolute Gasteiger partial charge is 0.444 e. The van der Waals surface area contributed by atoms with Gasteiger partial charge in [0.15, 0.2) is 0 Å². The Morgan fingerprint density at radius 2 is 1.51 bits per heavy atom. The average molecular weight is 512 g/mol. The van der Waals surface area contributed by atoms with E-state index in [0.717, 1.165) is 11.1 Å². The number of aliphatic hydroxyl groups excluding tert-OH is 1. The van der Waals surface area contributed by atoms with Gasteiger partial charge in [-0.1, -0.05) is 49.4 Å². The first-order chi connectivity index (χ1) is 17.2. The number of nitrogens with one attached hydrogen (secondary N) is 2. The van der Waals surface area contributed by atoms with Crippen molar-refractivity contribution in [2.24, 2.45) is 0 Å². The molecule has 8 nitrogen and oxygen atoms in total. The lowest BCUT2D eigenvalue weighted by Gasteiger charge is -2.44. The number of alkyl carbamates (subject to hydrolysis) is 1.